The van der Waals surface area contributed by atoms with Crippen molar-refractivity contribution in [2.75, 3.05) is 18.0 Å². The number of carbonyl (C=O) groups excluding carboxylic acids is 1. The summed E-state index contributed by atoms with van der Waals surface area (Å²) in [5.41, 5.74) is -0.0444. The Hall–Kier alpha value is -1.65. The number of hydrogen-bond donors (Lipinski definition) is 0. The minimum absolute atomic E-state index is 0.0444. The summed E-state index contributed by atoms with van der Waals surface area (Å²) < 4.78 is 1.69. The lowest BCUT2D eigenvalue weighted by Crippen LogP contribution is -2.39. The van der Waals surface area contributed by atoms with E-state index in [1.807, 2.05) is 18.7 Å². The van der Waals surface area contributed by atoms with Crippen molar-refractivity contribution >= 4 is 12.1 Å². The average Bonchev–Trinajstić information content (AvgIpc) is 2.39. The molecule has 0 spiro atoms. The summed E-state index contributed by atoms with van der Waals surface area (Å²) in [5.74, 6) is 0.646. The third-order valence-electron chi connectivity index (χ3n) is 3.44. The zero-order chi connectivity index (χ0) is 13.1. The van der Waals surface area contributed by atoms with Crippen LogP contribution in [0.4, 0.5) is 5.82 Å². The van der Waals surface area contributed by atoms with Gasteiger partial charge in [-0.15, -0.1) is 0 Å². The molecule has 1 aliphatic heterocycles. The molecule has 1 aromatic rings. The first-order valence-corrected chi connectivity index (χ1v) is 6.41. The minimum atomic E-state index is -0.0444. The molecule has 0 bridgehead atoms. The second-order valence-electron chi connectivity index (χ2n) is 5.02. The molecule has 0 aliphatic carbocycles. The van der Waals surface area contributed by atoms with Crippen LogP contribution in [0.1, 0.15) is 32.7 Å². The average molecular weight is 249 g/mol. The highest BCUT2D eigenvalue weighted by Gasteiger charge is 2.22. The summed E-state index contributed by atoms with van der Waals surface area (Å²) in [7, 11) is 0. The minimum Gasteiger partial charge on any atom is -0.352 e. The van der Waals surface area contributed by atoms with Crippen LogP contribution in [0, 0.1) is 5.92 Å². The molecule has 1 aromatic heterocycles. The van der Waals surface area contributed by atoms with Gasteiger partial charge in [0.05, 0.1) is 0 Å². The van der Waals surface area contributed by atoms with Crippen LogP contribution in [0.3, 0.4) is 0 Å². The van der Waals surface area contributed by atoms with Crippen molar-refractivity contribution in [1.29, 1.82) is 0 Å². The van der Waals surface area contributed by atoms with Gasteiger partial charge in [0.15, 0.2) is 5.82 Å². The SMILES string of the molecule is CC(C)n1ccnc(N2CCC(C=O)CC2)c1=O. The predicted octanol–water partition coefficient (Wildman–Crippen LogP) is 1.24. The molecule has 0 radical (unpaired) electrons. The van der Waals surface area contributed by atoms with E-state index in [0.717, 1.165) is 32.2 Å². The Labute approximate surface area is 106 Å². The van der Waals surface area contributed by atoms with Crippen LogP contribution in [0.25, 0.3) is 0 Å². The molecule has 0 N–H and O–H groups in total. The largest absolute Gasteiger partial charge is 0.352 e. The number of anilines is 1. The summed E-state index contributed by atoms with van der Waals surface area (Å²) >= 11 is 0. The van der Waals surface area contributed by atoms with Crippen molar-refractivity contribution in [2.45, 2.75) is 32.7 Å². The van der Waals surface area contributed by atoms with Gasteiger partial charge in [-0.05, 0) is 26.7 Å². The van der Waals surface area contributed by atoms with Gasteiger partial charge in [-0.1, -0.05) is 0 Å². The van der Waals surface area contributed by atoms with Gasteiger partial charge in [0, 0.05) is 37.4 Å². The third-order valence-corrected chi connectivity index (χ3v) is 3.44. The lowest BCUT2D eigenvalue weighted by atomic mass is 9.99. The second kappa shape index (κ2) is 5.33. The van der Waals surface area contributed by atoms with E-state index in [-0.39, 0.29) is 17.5 Å². The number of aromatic nitrogens is 2. The highest BCUT2D eigenvalue weighted by Crippen LogP contribution is 2.18. The zero-order valence-electron chi connectivity index (χ0n) is 10.9. The smallest absolute Gasteiger partial charge is 0.293 e. The molecule has 0 saturated carbocycles. The van der Waals surface area contributed by atoms with E-state index in [0.29, 0.717) is 5.82 Å². The van der Waals surface area contributed by atoms with E-state index in [1.165, 1.54) is 0 Å². The Bertz CT molecular complexity index is 473. The van der Waals surface area contributed by atoms with E-state index < -0.39 is 0 Å². The number of piperidine rings is 1. The third kappa shape index (κ3) is 2.44. The molecule has 1 fully saturated rings. The van der Waals surface area contributed by atoms with Crippen LogP contribution < -0.4 is 10.5 Å². The first-order valence-electron chi connectivity index (χ1n) is 6.41. The van der Waals surface area contributed by atoms with Gasteiger partial charge >= 0.3 is 0 Å². The predicted molar refractivity (Wildman–Crippen MR) is 69.9 cm³/mol. The number of nitrogens with zero attached hydrogens (tertiary/aromatic N) is 3. The number of carbonyl (C=O) groups is 1. The molecule has 0 unspecified atom stereocenters. The van der Waals surface area contributed by atoms with Gasteiger partial charge < -0.3 is 14.3 Å². The summed E-state index contributed by atoms with van der Waals surface area (Å²) in [6.07, 6.45) is 6.02. The van der Waals surface area contributed by atoms with Gasteiger partial charge in [-0.25, -0.2) is 4.98 Å². The maximum atomic E-state index is 12.2. The van der Waals surface area contributed by atoms with Gasteiger partial charge in [-0.3, -0.25) is 4.79 Å². The maximum Gasteiger partial charge on any atom is 0.293 e. The molecule has 5 heteroatoms. The topological polar surface area (TPSA) is 55.2 Å². The highest BCUT2D eigenvalue weighted by atomic mass is 16.1. The lowest BCUT2D eigenvalue weighted by molar-refractivity contribution is -0.111. The standard InChI is InChI=1S/C13H19N3O2/c1-10(2)16-8-5-14-12(13(16)18)15-6-3-11(9-17)4-7-15/h5,8-11H,3-4,6-7H2,1-2H3. The monoisotopic (exact) mass is 249 g/mol. The number of aldehydes is 1. The van der Waals surface area contributed by atoms with Crippen molar-refractivity contribution in [1.82, 2.24) is 9.55 Å². The maximum absolute atomic E-state index is 12.2. The Kier molecular flexibility index (Phi) is 3.79. The number of rotatable bonds is 3. The number of hydrogen-bond acceptors (Lipinski definition) is 4. The second-order valence-corrected chi connectivity index (χ2v) is 5.02. The van der Waals surface area contributed by atoms with E-state index in [1.54, 1.807) is 17.0 Å². The molecule has 0 aromatic carbocycles. The zero-order valence-corrected chi connectivity index (χ0v) is 10.9. The quantitative estimate of drug-likeness (QED) is 0.756. The van der Waals surface area contributed by atoms with Crippen molar-refractivity contribution in [3.05, 3.63) is 22.7 Å². The fourth-order valence-electron chi connectivity index (χ4n) is 2.29. The molecule has 18 heavy (non-hydrogen) atoms. The van der Waals surface area contributed by atoms with E-state index >= 15 is 0 Å². The van der Waals surface area contributed by atoms with Gasteiger partial charge in [0.2, 0.25) is 0 Å². The van der Waals surface area contributed by atoms with Crippen LogP contribution >= 0.6 is 0 Å². The normalized spacial score (nSPS) is 17.2. The molecule has 1 saturated heterocycles. The van der Waals surface area contributed by atoms with E-state index in [4.69, 9.17) is 0 Å². The fourth-order valence-corrected chi connectivity index (χ4v) is 2.29. The van der Waals surface area contributed by atoms with Crippen LogP contribution in [0.2, 0.25) is 0 Å². The van der Waals surface area contributed by atoms with Crippen molar-refractivity contribution in [3.8, 4) is 0 Å². The first kappa shape index (κ1) is 12.8. The van der Waals surface area contributed by atoms with Crippen LogP contribution in [-0.4, -0.2) is 28.9 Å². The molecule has 1 aliphatic rings. The van der Waals surface area contributed by atoms with Gasteiger partial charge in [0.25, 0.3) is 5.56 Å². The van der Waals surface area contributed by atoms with Gasteiger partial charge in [0.1, 0.15) is 6.29 Å². The van der Waals surface area contributed by atoms with Crippen molar-refractivity contribution < 1.29 is 4.79 Å². The highest BCUT2D eigenvalue weighted by molar-refractivity contribution is 5.54. The lowest BCUT2D eigenvalue weighted by Gasteiger charge is -2.30. The fraction of sp³-hybridized carbons (Fsp3) is 0.615. The van der Waals surface area contributed by atoms with Gasteiger partial charge in [-0.2, -0.15) is 0 Å². The Morgan fingerprint density at radius 2 is 2.06 bits per heavy atom. The van der Waals surface area contributed by atoms with Crippen LogP contribution in [0.5, 0.6) is 0 Å². The van der Waals surface area contributed by atoms with Crippen molar-refractivity contribution in [2.24, 2.45) is 5.92 Å². The summed E-state index contributed by atoms with van der Waals surface area (Å²) in [6, 6.07) is 0.131. The molecular weight excluding hydrogens is 230 g/mol. The Morgan fingerprint density at radius 1 is 1.39 bits per heavy atom. The summed E-state index contributed by atoms with van der Waals surface area (Å²) in [6.45, 7) is 5.41. The van der Waals surface area contributed by atoms with E-state index in [9.17, 15) is 9.59 Å². The molecule has 0 amide bonds. The van der Waals surface area contributed by atoms with Crippen LogP contribution in [0.15, 0.2) is 17.2 Å². The summed E-state index contributed by atoms with van der Waals surface area (Å²) in [5, 5.41) is 0. The molecule has 0 atom stereocenters. The molecule has 98 valence electrons. The molecule has 2 rings (SSSR count). The van der Waals surface area contributed by atoms with Crippen LogP contribution in [-0.2, 0) is 4.79 Å². The Morgan fingerprint density at radius 3 is 2.61 bits per heavy atom. The molecular formula is C13H19N3O2. The van der Waals surface area contributed by atoms with E-state index in [2.05, 4.69) is 4.98 Å². The molecule has 2 heterocycles. The first-order chi connectivity index (χ1) is 8.63. The molecule has 5 nitrogen and oxygen atoms in total. The van der Waals surface area contributed by atoms with Crippen molar-refractivity contribution in [3.63, 3.8) is 0 Å². The summed E-state index contributed by atoms with van der Waals surface area (Å²) in [4.78, 5) is 29.2. The Balaban J connectivity index is 2.22.